The van der Waals surface area contributed by atoms with Crippen LogP contribution in [0.2, 0.25) is 0 Å². The number of ether oxygens (including phenoxy) is 1. The van der Waals surface area contributed by atoms with Gasteiger partial charge in [-0.2, -0.15) is 5.26 Å². The van der Waals surface area contributed by atoms with Gasteiger partial charge in [0.1, 0.15) is 11.6 Å². The lowest BCUT2D eigenvalue weighted by Crippen LogP contribution is -2.13. The number of anilines is 2. The highest BCUT2D eigenvalue weighted by Crippen LogP contribution is 2.16. The molecule has 0 radical (unpaired) electrons. The summed E-state index contributed by atoms with van der Waals surface area (Å²) < 4.78 is 4.91. The Kier molecular flexibility index (Phi) is 6.73. The van der Waals surface area contributed by atoms with Crippen molar-refractivity contribution in [2.45, 2.75) is 6.92 Å². The van der Waals surface area contributed by atoms with Crippen LogP contribution in [0.3, 0.4) is 0 Å². The van der Waals surface area contributed by atoms with Gasteiger partial charge in [-0.3, -0.25) is 4.79 Å². The molecule has 0 saturated heterocycles. The molecule has 138 valence electrons. The van der Waals surface area contributed by atoms with E-state index in [4.69, 9.17) is 4.74 Å². The van der Waals surface area contributed by atoms with Crippen LogP contribution >= 0.6 is 0 Å². The van der Waals surface area contributed by atoms with Crippen LogP contribution in [-0.2, 0) is 9.53 Å². The number of hydrogen-bond acceptors (Lipinski definition) is 5. The summed E-state index contributed by atoms with van der Waals surface area (Å²) >= 11 is 0. The van der Waals surface area contributed by atoms with Gasteiger partial charge in [-0.15, -0.1) is 0 Å². The zero-order valence-electron chi connectivity index (χ0n) is 15.5. The SMILES string of the molecule is CCOC(=O)c1ccc(NC(=O)C(C#N)=Cc2ccc(N(C)C)cc2)cc1. The van der Waals surface area contributed by atoms with E-state index in [0.717, 1.165) is 11.3 Å². The Hall–Kier alpha value is -3.59. The summed E-state index contributed by atoms with van der Waals surface area (Å²) in [4.78, 5) is 25.9. The first-order valence-corrected chi connectivity index (χ1v) is 8.42. The number of nitriles is 1. The Balaban J connectivity index is 2.10. The third-order valence-electron chi connectivity index (χ3n) is 3.74. The topological polar surface area (TPSA) is 82.4 Å². The summed E-state index contributed by atoms with van der Waals surface area (Å²) in [5.41, 5.74) is 2.65. The molecule has 0 heterocycles. The lowest BCUT2D eigenvalue weighted by molar-refractivity contribution is -0.112. The Labute approximate surface area is 158 Å². The molecule has 0 aliphatic carbocycles. The fraction of sp³-hybridized carbons (Fsp3) is 0.190. The van der Waals surface area contributed by atoms with Crippen molar-refractivity contribution in [3.8, 4) is 6.07 Å². The molecule has 6 heteroatoms. The van der Waals surface area contributed by atoms with Crippen LogP contribution in [0.4, 0.5) is 11.4 Å². The Morgan fingerprint density at radius 1 is 1.11 bits per heavy atom. The summed E-state index contributed by atoms with van der Waals surface area (Å²) in [7, 11) is 3.87. The normalized spacial score (nSPS) is 10.7. The van der Waals surface area contributed by atoms with Gasteiger partial charge < -0.3 is 15.0 Å². The highest BCUT2D eigenvalue weighted by atomic mass is 16.5. The van der Waals surface area contributed by atoms with Crippen LogP contribution in [-0.4, -0.2) is 32.6 Å². The standard InChI is InChI=1S/C21H21N3O3/c1-4-27-21(26)16-7-9-18(10-8-16)23-20(25)17(14-22)13-15-5-11-19(12-6-15)24(2)3/h5-13H,4H2,1-3H3,(H,23,25). The van der Waals surface area contributed by atoms with Gasteiger partial charge in [-0.25, -0.2) is 4.79 Å². The monoisotopic (exact) mass is 363 g/mol. The first-order chi connectivity index (χ1) is 12.9. The predicted molar refractivity (Wildman–Crippen MR) is 105 cm³/mol. The lowest BCUT2D eigenvalue weighted by Gasteiger charge is -2.12. The summed E-state index contributed by atoms with van der Waals surface area (Å²) in [5, 5.41) is 12.0. The fourth-order valence-electron chi connectivity index (χ4n) is 2.29. The third-order valence-corrected chi connectivity index (χ3v) is 3.74. The molecule has 0 aliphatic heterocycles. The molecule has 0 aromatic heterocycles. The van der Waals surface area contributed by atoms with E-state index in [2.05, 4.69) is 5.32 Å². The molecule has 2 rings (SSSR count). The molecule has 2 aromatic rings. The number of carbonyl (C=O) groups is 2. The number of nitrogens with zero attached hydrogens (tertiary/aromatic N) is 2. The molecule has 6 nitrogen and oxygen atoms in total. The van der Waals surface area contributed by atoms with Gasteiger partial charge in [0.2, 0.25) is 0 Å². The van der Waals surface area contributed by atoms with E-state index < -0.39 is 11.9 Å². The van der Waals surface area contributed by atoms with Crippen LogP contribution in [0.15, 0.2) is 54.1 Å². The summed E-state index contributed by atoms with van der Waals surface area (Å²) in [6.45, 7) is 2.03. The molecule has 0 fully saturated rings. The van der Waals surface area contributed by atoms with Crippen LogP contribution in [0.1, 0.15) is 22.8 Å². The minimum Gasteiger partial charge on any atom is -0.462 e. The molecule has 0 spiro atoms. The quantitative estimate of drug-likeness (QED) is 0.483. The number of carbonyl (C=O) groups excluding carboxylic acids is 2. The van der Waals surface area contributed by atoms with Gasteiger partial charge >= 0.3 is 5.97 Å². The predicted octanol–water partition coefficient (Wildman–Crippen LogP) is 3.47. The van der Waals surface area contributed by atoms with E-state index in [0.29, 0.717) is 17.9 Å². The second kappa shape index (κ2) is 9.20. The van der Waals surface area contributed by atoms with E-state index >= 15 is 0 Å². The van der Waals surface area contributed by atoms with Gasteiger partial charge in [0.15, 0.2) is 0 Å². The molecule has 0 bridgehead atoms. The van der Waals surface area contributed by atoms with Crippen molar-refractivity contribution in [3.63, 3.8) is 0 Å². The summed E-state index contributed by atoms with van der Waals surface area (Å²) in [6.07, 6.45) is 1.53. The maximum Gasteiger partial charge on any atom is 0.338 e. The van der Waals surface area contributed by atoms with Gasteiger partial charge in [0, 0.05) is 25.5 Å². The molecule has 27 heavy (non-hydrogen) atoms. The van der Waals surface area contributed by atoms with Crippen molar-refractivity contribution in [1.29, 1.82) is 5.26 Å². The van der Waals surface area contributed by atoms with E-state index in [1.165, 1.54) is 6.08 Å². The minimum atomic E-state index is -0.516. The van der Waals surface area contributed by atoms with Gasteiger partial charge in [-0.1, -0.05) is 12.1 Å². The highest BCUT2D eigenvalue weighted by molar-refractivity contribution is 6.09. The molecule has 0 saturated carbocycles. The van der Waals surface area contributed by atoms with Gasteiger partial charge in [-0.05, 0) is 55.0 Å². The van der Waals surface area contributed by atoms with Crippen molar-refractivity contribution < 1.29 is 14.3 Å². The molecular weight excluding hydrogens is 342 g/mol. The zero-order valence-corrected chi connectivity index (χ0v) is 15.5. The molecule has 2 aromatic carbocycles. The number of nitrogens with one attached hydrogen (secondary N) is 1. The summed E-state index contributed by atoms with van der Waals surface area (Å²) in [5.74, 6) is -0.938. The van der Waals surface area contributed by atoms with Crippen molar-refractivity contribution in [3.05, 3.63) is 65.2 Å². The van der Waals surface area contributed by atoms with Crippen LogP contribution < -0.4 is 10.2 Å². The molecular formula is C21H21N3O3. The number of benzene rings is 2. The number of amides is 1. The average molecular weight is 363 g/mol. The molecule has 1 N–H and O–H groups in total. The fourth-order valence-corrected chi connectivity index (χ4v) is 2.29. The van der Waals surface area contributed by atoms with E-state index in [9.17, 15) is 14.9 Å². The van der Waals surface area contributed by atoms with Crippen molar-refractivity contribution in [1.82, 2.24) is 0 Å². The van der Waals surface area contributed by atoms with Gasteiger partial charge in [0.25, 0.3) is 5.91 Å². The van der Waals surface area contributed by atoms with E-state index in [-0.39, 0.29) is 5.57 Å². The molecule has 0 unspecified atom stereocenters. The van der Waals surface area contributed by atoms with E-state index in [1.807, 2.05) is 49.3 Å². The van der Waals surface area contributed by atoms with Crippen LogP contribution in [0, 0.1) is 11.3 Å². The van der Waals surface area contributed by atoms with Crippen molar-refractivity contribution >= 4 is 29.3 Å². The number of esters is 1. The van der Waals surface area contributed by atoms with Crippen LogP contribution in [0.5, 0.6) is 0 Å². The third kappa shape index (κ3) is 5.44. The minimum absolute atomic E-state index is 0.0120. The largest absolute Gasteiger partial charge is 0.462 e. The number of rotatable bonds is 6. The number of hydrogen-bond donors (Lipinski definition) is 1. The molecule has 1 amide bonds. The zero-order chi connectivity index (χ0) is 19.8. The highest BCUT2D eigenvalue weighted by Gasteiger charge is 2.11. The van der Waals surface area contributed by atoms with Crippen molar-refractivity contribution in [2.24, 2.45) is 0 Å². The first-order valence-electron chi connectivity index (χ1n) is 8.42. The second-order valence-electron chi connectivity index (χ2n) is 5.91. The maximum atomic E-state index is 12.3. The maximum absolute atomic E-state index is 12.3. The Morgan fingerprint density at radius 2 is 1.74 bits per heavy atom. The van der Waals surface area contributed by atoms with Gasteiger partial charge in [0.05, 0.1) is 12.2 Å². The summed E-state index contributed by atoms with van der Waals surface area (Å²) in [6, 6.07) is 15.7. The average Bonchev–Trinajstić information content (AvgIpc) is 2.67. The first kappa shape index (κ1) is 19.7. The van der Waals surface area contributed by atoms with Crippen LogP contribution in [0.25, 0.3) is 6.08 Å². The lowest BCUT2D eigenvalue weighted by atomic mass is 10.1. The van der Waals surface area contributed by atoms with Crippen molar-refractivity contribution in [2.75, 3.05) is 30.9 Å². The smallest absolute Gasteiger partial charge is 0.338 e. The Morgan fingerprint density at radius 3 is 2.26 bits per heavy atom. The molecule has 0 atom stereocenters. The van der Waals surface area contributed by atoms with E-state index in [1.54, 1.807) is 31.2 Å². The Bertz CT molecular complexity index is 876. The molecule has 0 aliphatic rings. The second-order valence-corrected chi connectivity index (χ2v) is 5.91.